The predicted molar refractivity (Wildman–Crippen MR) is 67.8 cm³/mol. The molecule has 88 valence electrons. The summed E-state index contributed by atoms with van der Waals surface area (Å²) in [5, 5.41) is 0. The Hall–Kier alpha value is -0.830. The van der Waals surface area contributed by atoms with Crippen LogP contribution in [0, 0.1) is 19.7 Å². The van der Waals surface area contributed by atoms with Crippen LogP contribution in [-0.4, -0.2) is 17.3 Å². The van der Waals surface area contributed by atoms with Crippen LogP contribution in [0.1, 0.15) is 34.8 Å². The zero-order valence-corrected chi connectivity index (χ0v) is 10.8. The molecule has 0 spiro atoms. The number of aryl methyl sites for hydroxylation is 2. The number of ketones is 1. The summed E-state index contributed by atoms with van der Waals surface area (Å²) in [6, 6.07) is 3.27. The smallest absolute Gasteiger partial charge is 0.175 e. The summed E-state index contributed by atoms with van der Waals surface area (Å²) in [6.45, 7) is 5.68. The molecule has 0 aromatic heterocycles. The Bertz CT molecular complexity index is 365. The van der Waals surface area contributed by atoms with Gasteiger partial charge in [0.15, 0.2) is 5.78 Å². The Morgan fingerprint density at radius 2 is 2.06 bits per heavy atom. The largest absolute Gasteiger partial charge is 0.293 e. The van der Waals surface area contributed by atoms with Crippen molar-refractivity contribution >= 4 is 17.5 Å². The molecular formula is C13H17FOS. The minimum absolute atomic E-state index is 0.103. The van der Waals surface area contributed by atoms with Gasteiger partial charge in [0.05, 0.1) is 11.3 Å². The van der Waals surface area contributed by atoms with Gasteiger partial charge in [0.25, 0.3) is 0 Å². The number of benzene rings is 1. The van der Waals surface area contributed by atoms with Crippen molar-refractivity contribution in [3.63, 3.8) is 0 Å². The third-order valence-electron chi connectivity index (χ3n) is 2.29. The third kappa shape index (κ3) is 3.34. The maximum absolute atomic E-state index is 13.6. The molecule has 0 saturated heterocycles. The van der Waals surface area contributed by atoms with Crippen molar-refractivity contribution in [1.82, 2.24) is 0 Å². The number of carbonyl (C=O) groups excluding carboxylic acids is 1. The molecule has 1 nitrogen and oxygen atoms in total. The summed E-state index contributed by atoms with van der Waals surface area (Å²) in [7, 11) is 0. The van der Waals surface area contributed by atoms with E-state index in [-0.39, 0.29) is 17.2 Å². The predicted octanol–water partition coefficient (Wildman–Crippen LogP) is 3.77. The molecule has 1 aromatic carbocycles. The normalized spacial score (nSPS) is 10.5. The van der Waals surface area contributed by atoms with Gasteiger partial charge < -0.3 is 0 Å². The number of carbonyl (C=O) groups is 1. The van der Waals surface area contributed by atoms with Crippen LogP contribution < -0.4 is 0 Å². The molecule has 0 aliphatic rings. The van der Waals surface area contributed by atoms with E-state index in [1.54, 1.807) is 18.7 Å². The molecule has 1 aromatic rings. The number of thioether (sulfide) groups is 1. The van der Waals surface area contributed by atoms with Crippen molar-refractivity contribution < 1.29 is 9.18 Å². The maximum Gasteiger partial charge on any atom is 0.175 e. The van der Waals surface area contributed by atoms with Gasteiger partial charge >= 0.3 is 0 Å². The zero-order valence-electron chi connectivity index (χ0n) is 9.97. The van der Waals surface area contributed by atoms with Gasteiger partial charge in [-0.1, -0.05) is 13.0 Å². The van der Waals surface area contributed by atoms with Crippen LogP contribution in [-0.2, 0) is 0 Å². The second-order valence-corrected chi connectivity index (χ2v) is 5.02. The van der Waals surface area contributed by atoms with Crippen molar-refractivity contribution in [3.8, 4) is 0 Å². The second kappa shape index (κ2) is 6.04. The zero-order chi connectivity index (χ0) is 12.1. The highest BCUT2D eigenvalue weighted by Gasteiger charge is 2.14. The molecule has 0 aliphatic carbocycles. The molecule has 0 radical (unpaired) electrons. The Labute approximate surface area is 100 Å². The molecule has 0 aliphatic heterocycles. The van der Waals surface area contributed by atoms with Crippen molar-refractivity contribution in [2.24, 2.45) is 0 Å². The highest BCUT2D eigenvalue weighted by molar-refractivity contribution is 7.99. The minimum Gasteiger partial charge on any atom is -0.293 e. The fourth-order valence-electron chi connectivity index (χ4n) is 1.65. The molecule has 3 heteroatoms. The van der Waals surface area contributed by atoms with Gasteiger partial charge in [-0.05, 0) is 43.2 Å². The Kier molecular flexibility index (Phi) is 5.00. The van der Waals surface area contributed by atoms with E-state index in [9.17, 15) is 9.18 Å². The molecule has 1 rings (SSSR count). The first kappa shape index (κ1) is 13.2. The van der Waals surface area contributed by atoms with E-state index in [4.69, 9.17) is 0 Å². The summed E-state index contributed by atoms with van der Waals surface area (Å²) in [5.74, 6) is 0.820. The molecule has 0 N–H and O–H groups in total. The quantitative estimate of drug-likeness (QED) is 0.575. The van der Waals surface area contributed by atoms with E-state index in [1.165, 1.54) is 6.07 Å². The van der Waals surface area contributed by atoms with E-state index >= 15 is 0 Å². The lowest BCUT2D eigenvalue weighted by atomic mass is 10.0. The summed E-state index contributed by atoms with van der Waals surface area (Å²) < 4.78 is 13.6. The van der Waals surface area contributed by atoms with E-state index in [0.29, 0.717) is 5.75 Å². The number of Topliss-reactive ketones (excluding diaryl/α,β-unsaturated/α-hetero) is 1. The van der Waals surface area contributed by atoms with Gasteiger partial charge in [0.2, 0.25) is 0 Å². The maximum atomic E-state index is 13.6. The van der Waals surface area contributed by atoms with Crippen LogP contribution in [0.4, 0.5) is 4.39 Å². The molecule has 0 fully saturated rings. The average Bonchev–Trinajstić information content (AvgIpc) is 2.16. The Balaban J connectivity index is 2.83. The molecule has 0 amide bonds. The Morgan fingerprint density at radius 3 is 2.62 bits per heavy atom. The van der Waals surface area contributed by atoms with Gasteiger partial charge in [0, 0.05) is 0 Å². The topological polar surface area (TPSA) is 17.1 Å². The van der Waals surface area contributed by atoms with Crippen LogP contribution in [0.25, 0.3) is 0 Å². The Morgan fingerprint density at radius 1 is 1.38 bits per heavy atom. The van der Waals surface area contributed by atoms with Gasteiger partial charge in [-0.15, -0.1) is 0 Å². The first-order chi connectivity index (χ1) is 7.56. The number of hydrogen-bond donors (Lipinski definition) is 0. The average molecular weight is 240 g/mol. The lowest BCUT2D eigenvalue weighted by Crippen LogP contribution is -2.08. The van der Waals surface area contributed by atoms with E-state index < -0.39 is 0 Å². The fraction of sp³-hybridized carbons (Fsp3) is 0.462. The summed E-state index contributed by atoms with van der Waals surface area (Å²) in [5.41, 5.74) is 1.85. The van der Waals surface area contributed by atoms with Gasteiger partial charge in [-0.2, -0.15) is 11.8 Å². The number of hydrogen-bond acceptors (Lipinski definition) is 2. The van der Waals surface area contributed by atoms with E-state index in [0.717, 1.165) is 23.3 Å². The molecular weight excluding hydrogens is 223 g/mol. The molecule has 0 atom stereocenters. The lowest BCUT2D eigenvalue weighted by Gasteiger charge is -2.07. The summed E-state index contributed by atoms with van der Waals surface area (Å²) >= 11 is 1.56. The van der Waals surface area contributed by atoms with Gasteiger partial charge in [0.1, 0.15) is 5.82 Å². The highest BCUT2D eigenvalue weighted by Crippen LogP contribution is 2.18. The SMILES string of the molecule is CCCSCC(=O)c1c(C)cc(C)cc1F. The summed E-state index contributed by atoms with van der Waals surface area (Å²) in [6.07, 6.45) is 1.04. The highest BCUT2D eigenvalue weighted by atomic mass is 32.2. The first-order valence-corrected chi connectivity index (χ1v) is 6.59. The molecule has 0 saturated carbocycles. The summed E-state index contributed by atoms with van der Waals surface area (Å²) in [4.78, 5) is 11.8. The molecule has 0 unspecified atom stereocenters. The minimum atomic E-state index is -0.389. The van der Waals surface area contributed by atoms with Crippen LogP contribution in [0.15, 0.2) is 12.1 Å². The second-order valence-electron chi connectivity index (χ2n) is 3.91. The van der Waals surface area contributed by atoms with Crippen molar-refractivity contribution in [2.75, 3.05) is 11.5 Å². The van der Waals surface area contributed by atoms with Crippen LogP contribution in [0.3, 0.4) is 0 Å². The first-order valence-electron chi connectivity index (χ1n) is 5.44. The lowest BCUT2D eigenvalue weighted by molar-refractivity contribution is 0.101. The molecule has 0 heterocycles. The van der Waals surface area contributed by atoms with Crippen molar-refractivity contribution in [3.05, 3.63) is 34.6 Å². The van der Waals surface area contributed by atoms with Crippen LogP contribution in [0.5, 0.6) is 0 Å². The van der Waals surface area contributed by atoms with Gasteiger partial charge in [-0.25, -0.2) is 4.39 Å². The monoisotopic (exact) mass is 240 g/mol. The van der Waals surface area contributed by atoms with Crippen molar-refractivity contribution in [2.45, 2.75) is 27.2 Å². The number of rotatable bonds is 5. The third-order valence-corrected chi connectivity index (χ3v) is 3.46. The molecule has 16 heavy (non-hydrogen) atoms. The van der Waals surface area contributed by atoms with Gasteiger partial charge in [-0.3, -0.25) is 4.79 Å². The fourth-order valence-corrected chi connectivity index (χ4v) is 2.41. The standard InChI is InChI=1S/C13H17FOS/c1-4-5-16-8-12(15)13-10(3)6-9(2)7-11(13)14/h6-7H,4-5,8H2,1-3H3. The van der Waals surface area contributed by atoms with Crippen LogP contribution >= 0.6 is 11.8 Å². The van der Waals surface area contributed by atoms with Crippen molar-refractivity contribution in [1.29, 1.82) is 0 Å². The van der Waals surface area contributed by atoms with Crippen LogP contribution in [0.2, 0.25) is 0 Å². The number of halogens is 1. The van der Waals surface area contributed by atoms with E-state index in [1.807, 2.05) is 13.0 Å². The molecule has 0 bridgehead atoms. The van der Waals surface area contributed by atoms with E-state index in [2.05, 4.69) is 6.92 Å².